The first-order valence-corrected chi connectivity index (χ1v) is 7.29. The molecule has 0 heterocycles. The molecule has 0 amide bonds. The van der Waals surface area contributed by atoms with Crippen LogP contribution < -0.4 is 0 Å². The van der Waals surface area contributed by atoms with Gasteiger partial charge in [-0.05, 0) is 35.6 Å². The number of nitro groups is 1. The molecule has 1 aromatic carbocycles. The predicted molar refractivity (Wildman–Crippen MR) is 73.1 cm³/mol. The van der Waals surface area contributed by atoms with Crippen LogP contribution in [-0.4, -0.2) is 21.8 Å². The van der Waals surface area contributed by atoms with Crippen molar-refractivity contribution in [2.45, 2.75) is 25.0 Å². The third-order valence-electron chi connectivity index (χ3n) is 3.31. The summed E-state index contributed by atoms with van der Waals surface area (Å²) >= 11 is 1.49. The summed E-state index contributed by atoms with van der Waals surface area (Å²) in [5.41, 5.74) is 0.163. The van der Waals surface area contributed by atoms with E-state index >= 15 is 0 Å². The molecule has 2 rings (SSSR count). The van der Waals surface area contributed by atoms with Gasteiger partial charge in [0, 0.05) is 11.8 Å². The van der Waals surface area contributed by atoms with Gasteiger partial charge < -0.3 is 5.11 Å². The molecule has 0 bridgehead atoms. The Morgan fingerprint density at radius 3 is 2.70 bits per heavy atom. The highest BCUT2D eigenvalue weighted by Gasteiger charge is 2.44. The van der Waals surface area contributed by atoms with E-state index in [1.165, 1.54) is 23.9 Å². The second-order valence-electron chi connectivity index (χ2n) is 5.14. The lowest BCUT2D eigenvalue weighted by molar-refractivity contribution is -0.385. The monoisotopic (exact) mass is 299 g/mol. The highest BCUT2D eigenvalue weighted by atomic mass is 32.2. The number of carbonyl (C=O) groups is 1. The van der Waals surface area contributed by atoms with E-state index in [-0.39, 0.29) is 17.5 Å². The van der Waals surface area contributed by atoms with Gasteiger partial charge in [0.2, 0.25) is 0 Å². The molecule has 1 saturated carbocycles. The number of aliphatic carboxylic acids is 1. The minimum atomic E-state index is -0.801. The summed E-state index contributed by atoms with van der Waals surface area (Å²) in [6, 6.07) is 3.52. The average Bonchev–Trinajstić information content (AvgIpc) is 3.07. The van der Waals surface area contributed by atoms with Crippen molar-refractivity contribution in [1.82, 2.24) is 0 Å². The van der Waals surface area contributed by atoms with Crippen LogP contribution in [0.5, 0.6) is 0 Å². The van der Waals surface area contributed by atoms with Crippen LogP contribution >= 0.6 is 11.8 Å². The Morgan fingerprint density at radius 2 is 2.15 bits per heavy atom. The number of nitro benzene ring substituents is 1. The maximum absolute atomic E-state index is 13.2. The smallest absolute Gasteiger partial charge is 0.303 e. The molecule has 1 aliphatic carbocycles. The van der Waals surface area contributed by atoms with Crippen LogP contribution in [0.1, 0.15) is 24.8 Å². The molecule has 0 unspecified atom stereocenters. The number of non-ortho nitro benzene ring substituents is 1. The van der Waals surface area contributed by atoms with Crippen molar-refractivity contribution in [2.24, 2.45) is 5.41 Å². The lowest BCUT2D eigenvalue weighted by Crippen LogP contribution is -2.11. The second-order valence-corrected chi connectivity index (χ2v) is 6.12. The fourth-order valence-corrected chi connectivity index (χ4v) is 3.41. The van der Waals surface area contributed by atoms with Crippen molar-refractivity contribution in [3.05, 3.63) is 39.7 Å². The molecule has 1 aliphatic rings. The molecule has 0 saturated heterocycles. The molecule has 5 nitrogen and oxygen atoms in total. The van der Waals surface area contributed by atoms with Crippen LogP contribution in [0, 0.1) is 21.3 Å². The Labute approximate surface area is 119 Å². The molecule has 108 valence electrons. The molecular formula is C13H14FNO4S. The Kier molecular flexibility index (Phi) is 4.27. The van der Waals surface area contributed by atoms with Crippen LogP contribution in [0.15, 0.2) is 18.2 Å². The minimum Gasteiger partial charge on any atom is -0.481 e. The lowest BCUT2D eigenvalue weighted by atomic mass is 10.1. The summed E-state index contributed by atoms with van der Waals surface area (Å²) in [6.07, 6.45) is 1.95. The summed E-state index contributed by atoms with van der Waals surface area (Å²) in [5, 5.41) is 19.4. The van der Waals surface area contributed by atoms with E-state index in [0.717, 1.165) is 18.9 Å². The normalized spacial score (nSPS) is 15.8. The molecule has 20 heavy (non-hydrogen) atoms. The van der Waals surface area contributed by atoms with Gasteiger partial charge >= 0.3 is 5.97 Å². The number of hydrogen-bond donors (Lipinski definition) is 1. The fourth-order valence-electron chi connectivity index (χ4n) is 2.08. The minimum absolute atomic E-state index is 0.129. The summed E-state index contributed by atoms with van der Waals surface area (Å²) < 4.78 is 13.2. The van der Waals surface area contributed by atoms with Gasteiger partial charge in [-0.2, -0.15) is 11.8 Å². The predicted octanol–water partition coefficient (Wildman–Crippen LogP) is 3.22. The van der Waals surface area contributed by atoms with Crippen LogP contribution in [0.4, 0.5) is 10.1 Å². The first kappa shape index (κ1) is 14.8. The van der Waals surface area contributed by atoms with Gasteiger partial charge in [-0.15, -0.1) is 0 Å². The van der Waals surface area contributed by atoms with Gasteiger partial charge in [-0.3, -0.25) is 14.9 Å². The number of thioether (sulfide) groups is 1. The van der Waals surface area contributed by atoms with E-state index in [4.69, 9.17) is 5.11 Å². The van der Waals surface area contributed by atoms with Gasteiger partial charge in [-0.25, -0.2) is 4.39 Å². The number of hydrogen-bond acceptors (Lipinski definition) is 4. The maximum atomic E-state index is 13.2. The highest BCUT2D eigenvalue weighted by molar-refractivity contribution is 7.98. The first-order valence-electron chi connectivity index (χ1n) is 6.14. The molecule has 1 aromatic rings. The van der Waals surface area contributed by atoms with Crippen molar-refractivity contribution in [3.8, 4) is 0 Å². The van der Waals surface area contributed by atoms with Crippen molar-refractivity contribution >= 4 is 23.4 Å². The van der Waals surface area contributed by atoms with E-state index in [0.29, 0.717) is 17.1 Å². The summed E-state index contributed by atoms with van der Waals surface area (Å²) in [6.45, 7) is 0. The van der Waals surface area contributed by atoms with Crippen LogP contribution in [0.25, 0.3) is 0 Å². The van der Waals surface area contributed by atoms with Crippen molar-refractivity contribution < 1.29 is 19.2 Å². The maximum Gasteiger partial charge on any atom is 0.303 e. The molecule has 0 aliphatic heterocycles. The molecular weight excluding hydrogens is 285 g/mol. The van der Waals surface area contributed by atoms with E-state index in [1.54, 1.807) is 0 Å². The second kappa shape index (κ2) is 5.78. The number of carboxylic acids is 1. The summed E-state index contributed by atoms with van der Waals surface area (Å²) in [4.78, 5) is 20.7. The van der Waals surface area contributed by atoms with Gasteiger partial charge in [0.05, 0.1) is 17.4 Å². The number of benzene rings is 1. The zero-order valence-corrected chi connectivity index (χ0v) is 11.5. The largest absolute Gasteiger partial charge is 0.481 e. The van der Waals surface area contributed by atoms with Crippen molar-refractivity contribution in [3.63, 3.8) is 0 Å². The van der Waals surface area contributed by atoms with Crippen LogP contribution in [-0.2, 0) is 10.5 Å². The number of rotatable bonds is 7. The fraction of sp³-hybridized carbons (Fsp3) is 0.462. The van der Waals surface area contributed by atoms with Crippen molar-refractivity contribution in [2.75, 3.05) is 5.75 Å². The standard InChI is InChI=1S/C13H14FNO4S/c14-10-3-9(4-11(5-10)15(18)19)7-20-8-13(1-2-13)6-12(16)17/h3-5H,1-2,6-8H2,(H,16,17). The van der Waals surface area contributed by atoms with Gasteiger partial charge in [-0.1, -0.05) is 0 Å². The van der Waals surface area contributed by atoms with E-state index in [2.05, 4.69) is 0 Å². The molecule has 0 spiro atoms. The topological polar surface area (TPSA) is 80.4 Å². The molecule has 0 aromatic heterocycles. The molecule has 0 radical (unpaired) electrons. The van der Waals surface area contributed by atoms with E-state index in [1.807, 2.05) is 0 Å². The third kappa shape index (κ3) is 3.93. The van der Waals surface area contributed by atoms with Crippen LogP contribution in [0.3, 0.4) is 0 Å². The Hall–Kier alpha value is -1.63. The Balaban J connectivity index is 1.91. The van der Waals surface area contributed by atoms with Gasteiger partial charge in [0.1, 0.15) is 5.82 Å². The quantitative estimate of drug-likeness (QED) is 0.617. The Morgan fingerprint density at radius 1 is 1.45 bits per heavy atom. The zero-order chi connectivity index (χ0) is 14.8. The summed E-state index contributed by atoms with van der Waals surface area (Å²) in [5.74, 6) is -0.296. The van der Waals surface area contributed by atoms with E-state index < -0.39 is 16.7 Å². The molecule has 7 heteroatoms. The van der Waals surface area contributed by atoms with E-state index in [9.17, 15) is 19.3 Å². The zero-order valence-electron chi connectivity index (χ0n) is 10.7. The molecule has 1 fully saturated rings. The van der Waals surface area contributed by atoms with Gasteiger partial charge in [0.15, 0.2) is 0 Å². The summed E-state index contributed by atoms with van der Waals surface area (Å²) in [7, 11) is 0. The molecule has 0 atom stereocenters. The number of halogens is 1. The lowest BCUT2D eigenvalue weighted by Gasteiger charge is -2.11. The SMILES string of the molecule is O=C(O)CC1(CSCc2cc(F)cc([N+](=O)[O-])c2)CC1. The third-order valence-corrected chi connectivity index (χ3v) is 4.67. The number of nitrogens with zero attached hydrogens (tertiary/aromatic N) is 1. The van der Waals surface area contributed by atoms with Crippen molar-refractivity contribution in [1.29, 1.82) is 0 Å². The molecule has 1 N–H and O–H groups in total. The average molecular weight is 299 g/mol. The van der Waals surface area contributed by atoms with Crippen LogP contribution in [0.2, 0.25) is 0 Å². The number of carboxylic acid groups (broad SMARTS) is 1. The van der Waals surface area contributed by atoms with Gasteiger partial charge in [0.25, 0.3) is 5.69 Å². The highest BCUT2D eigenvalue weighted by Crippen LogP contribution is 2.51. The Bertz CT molecular complexity index is 545. The first-order chi connectivity index (χ1) is 9.40.